The molecule has 3 aromatic rings. The quantitative estimate of drug-likeness (QED) is 0.539. The molecular formula is C21H22N4O4. The summed E-state index contributed by atoms with van der Waals surface area (Å²) in [6.45, 7) is 0.666. The average Bonchev–Trinajstić information content (AvgIpc) is 2.77. The molecule has 0 saturated heterocycles. The molecule has 0 fully saturated rings. The minimum absolute atomic E-state index is 0.252. The maximum Gasteiger partial charge on any atom is 0.270 e. The van der Waals surface area contributed by atoms with E-state index >= 15 is 0 Å². The SMILES string of the molecule is COc1ccc(OCCNC(=O)c2cc(Nc3ccccc3OC)ncn2)cc1. The number of amides is 1. The monoisotopic (exact) mass is 394 g/mol. The van der Waals surface area contributed by atoms with Crippen LogP contribution in [0.15, 0.2) is 60.9 Å². The molecule has 0 bridgehead atoms. The highest BCUT2D eigenvalue weighted by atomic mass is 16.5. The summed E-state index contributed by atoms with van der Waals surface area (Å²) in [5.41, 5.74) is 0.995. The number of para-hydroxylation sites is 2. The first-order valence-electron chi connectivity index (χ1n) is 8.96. The predicted molar refractivity (Wildman–Crippen MR) is 109 cm³/mol. The van der Waals surface area contributed by atoms with Crippen molar-refractivity contribution in [1.29, 1.82) is 0 Å². The van der Waals surface area contributed by atoms with Gasteiger partial charge >= 0.3 is 0 Å². The van der Waals surface area contributed by atoms with E-state index in [1.807, 2.05) is 36.4 Å². The molecule has 1 aromatic heterocycles. The van der Waals surface area contributed by atoms with Crippen LogP contribution in [-0.4, -0.2) is 43.2 Å². The number of rotatable bonds is 9. The molecule has 3 rings (SSSR count). The zero-order chi connectivity index (χ0) is 20.5. The van der Waals surface area contributed by atoms with Crippen molar-refractivity contribution < 1.29 is 19.0 Å². The first kappa shape index (κ1) is 19.9. The second-order valence-electron chi connectivity index (χ2n) is 5.89. The molecule has 29 heavy (non-hydrogen) atoms. The van der Waals surface area contributed by atoms with Crippen molar-refractivity contribution in [2.24, 2.45) is 0 Å². The predicted octanol–water partition coefficient (Wildman–Crippen LogP) is 3.05. The van der Waals surface area contributed by atoms with Crippen molar-refractivity contribution in [1.82, 2.24) is 15.3 Å². The van der Waals surface area contributed by atoms with Crippen LogP contribution in [0.3, 0.4) is 0 Å². The number of hydrogen-bond acceptors (Lipinski definition) is 7. The molecule has 0 spiro atoms. The molecular weight excluding hydrogens is 372 g/mol. The van der Waals surface area contributed by atoms with Crippen molar-refractivity contribution in [2.75, 3.05) is 32.7 Å². The van der Waals surface area contributed by atoms with E-state index in [1.54, 1.807) is 32.4 Å². The standard InChI is InChI=1S/C21H22N4O4/c1-27-15-7-9-16(10-8-15)29-12-11-22-21(26)18-13-20(24-14-23-18)25-17-5-3-4-6-19(17)28-2/h3-10,13-14H,11-12H2,1-2H3,(H,22,26)(H,23,24,25). The van der Waals surface area contributed by atoms with Crippen LogP contribution in [0.25, 0.3) is 0 Å². The fourth-order valence-electron chi connectivity index (χ4n) is 2.53. The Balaban J connectivity index is 1.52. The number of carbonyl (C=O) groups excluding carboxylic acids is 1. The van der Waals surface area contributed by atoms with Crippen LogP contribution >= 0.6 is 0 Å². The van der Waals surface area contributed by atoms with Gasteiger partial charge in [-0.2, -0.15) is 0 Å². The molecule has 0 atom stereocenters. The van der Waals surface area contributed by atoms with Gasteiger partial charge in [0.15, 0.2) is 0 Å². The summed E-state index contributed by atoms with van der Waals surface area (Å²) < 4.78 is 16.0. The van der Waals surface area contributed by atoms with Gasteiger partial charge in [0.2, 0.25) is 0 Å². The highest BCUT2D eigenvalue weighted by molar-refractivity contribution is 5.93. The van der Waals surface area contributed by atoms with E-state index in [0.29, 0.717) is 30.5 Å². The van der Waals surface area contributed by atoms with Crippen molar-refractivity contribution in [3.05, 3.63) is 66.6 Å². The fraction of sp³-hybridized carbons (Fsp3) is 0.190. The molecule has 0 saturated carbocycles. The Hall–Kier alpha value is -3.81. The van der Waals surface area contributed by atoms with Crippen molar-refractivity contribution >= 4 is 17.4 Å². The molecule has 0 aliphatic carbocycles. The summed E-state index contributed by atoms with van der Waals surface area (Å²) in [5.74, 6) is 2.31. The number of nitrogens with one attached hydrogen (secondary N) is 2. The van der Waals surface area contributed by atoms with E-state index in [9.17, 15) is 4.79 Å². The molecule has 1 heterocycles. The molecule has 0 aliphatic rings. The zero-order valence-electron chi connectivity index (χ0n) is 16.2. The Bertz CT molecular complexity index is 947. The van der Waals surface area contributed by atoms with E-state index in [4.69, 9.17) is 14.2 Å². The molecule has 1 amide bonds. The number of methoxy groups -OCH3 is 2. The van der Waals surface area contributed by atoms with E-state index in [2.05, 4.69) is 20.6 Å². The minimum atomic E-state index is -0.311. The number of nitrogens with zero attached hydrogens (tertiary/aromatic N) is 2. The summed E-state index contributed by atoms with van der Waals surface area (Å²) in [4.78, 5) is 20.5. The van der Waals surface area contributed by atoms with Gasteiger partial charge < -0.3 is 24.8 Å². The summed E-state index contributed by atoms with van der Waals surface area (Å²) in [6.07, 6.45) is 1.33. The van der Waals surface area contributed by atoms with E-state index in [1.165, 1.54) is 6.33 Å². The van der Waals surface area contributed by atoms with Gasteiger partial charge in [0.1, 0.15) is 41.7 Å². The van der Waals surface area contributed by atoms with E-state index in [0.717, 1.165) is 11.4 Å². The van der Waals surface area contributed by atoms with Crippen LogP contribution in [0.2, 0.25) is 0 Å². The number of anilines is 2. The Morgan fingerprint density at radius 2 is 1.72 bits per heavy atom. The van der Waals surface area contributed by atoms with E-state index in [-0.39, 0.29) is 11.6 Å². The second-order valence-corrected chi connectivity index (χ2v) is 5.89. The summed E-state index contributed by atoms with van der Waals surface area (Å²) in [7, 11) is 3.20. The first-order chi connectivity index (χ1) is 14.2. The van der Waals surface area contributed by atoms with Crippen molar-refractivity contribution in [2.45, 2.75) is 0 Å². The first-order valence-corrected chi connectivity index (χ1v) is 8.96. The zero-order valence-corrected chi connectivity index (χ0v) is 16.2. The summed E-state index contributed by atoms with van der Waals surface area (Å²) in [6, 6.07) is 16.3. The van der Waals surface area contributed by atoms with Crippen LogP contribution < -0.4 is 24.8 Å². The lowest BCUT2D eigenvalue weighted by atomic mass is 10.3. The Labute approximate surface area is 168 Å². The molecule has 8 nitrogen and oxygen atoms in total. The normalized spacial score (nSPS) is 10.1. The van der Waals surface area contributed by atoms with Gasteiger partial charge in [-0.15, -0.1) is 0 Å². The van der Waals surface area contributed by atoms with Crippen LogP contribution in [0.4, 0.5) is 11.5 Å². The van der Waals surface area contributed by atoms with Crippen LogP contribution in [0, 0.1) is 0 Å². The van der Waals surface area contributed by atoms with Gasteiger partial charge in [-0.05, 0) is 36.4 Å². The Kier molecular flexibility index (Phi) is 6.83. The Morgan fingerprint density at radius 3 is 2.48 bits per heavy atom. The largest absolute Gasteiger partial charge is 0.497 e. The van der Waals surface area contributed by atoms with Crippen LogP contribution in [-0.2, 0) is 0 Å². The average molecular weight is 394 g/mol. The Morgan fingerprint density at radius 1 is 0.966 bits per heavy atom. The van der Waals surface area contributed by atoms with Gasteiger partial charge in [0, 0.05) is 6.07 Å². The van der Waals surface area contributed by atoms with Gasteiger partial charge in [-0.3, -0.25) is 4.79 Å². The maximum atomic E-state index is 12.3. The molecule has 0 radical (unpaired) electrons. The highest BCUT2D eigenvalue weighted by Gasteiger charge is 2.10. The molecule has 0 aliphatic heterocycles. The lowest BCUT2D eigenvalue weighted by Crippen LogP contribution is -2.28. The molecule has 2 N–H and O–H groups in total. The molecule has 2 aromatic carbocycles. The second kappa shape index (κ2) is 9.93. The van der Waals surface area contributed by atoms with Gasteiger partial charge in [0.05, 0.1) is 26.5 Å². The number of aromatic nitrogens is 2. The van der Waals surface area contributed by atoms with E-state index < -0.39 is 0 Å². The molecule has 150 valence electrons. The minimum Gasteiger partial charge on any atom is -0.497 e. The van der Waals surface area contributed by atoms with Crippen LogP contribution in [0.1, 0.15) is 10.5 Å². The highest BCUT2D eigenvalue weighted by Crippen LogP contribution is 2.26. The third-order valence-electron chi connectivity index (χ3n) is 3.99. The number of ether oxygens (including phenoxy) is 3. The van der Waals surface area contributed by atoms with Crippen molar-refractivity contribution in [3.8, 4) is 17.2 Å². The van der Waals surface area contributed by atoms with Gasteiger partial charge in [-0.25, -0.2) is 9.97 Å². The summed E-state index contributed by atoms with van der Waals surface area (Å²) in [5, 5.41) is 5.90. The smallest absolute Gasteiger partial charge is 0.270 e. The topological polar surface area (TPSA) is 94.6 Å². The number of hydrogen-bond donors (Lipinski definition) is 2. The lowest BCUT2D eigenvalue weighted by Gasteiger charge is -2.11. The molecule has 0 unspecified atom stereocenters. The van der Waals surface area contributed by atoms with Crippen molar-refractivity contribution in [3.63, 3.8) is 0 Å². The number of carbonyl (C=O) groups is 1. The molecule has 8 heteroatoms. The maximum absolute atomic E-state index is 12.3. The number of benzene rings is 2. The third kappa shape index (κ3) is 5.58. The third-order valence-corrected chi connectivity index (χ3v) is 3.99. The summed E-state index contributed by atoms with van der Waals surface area (Å²) >= 11 is 0. The fourth-order valence-corrected chi connectivity index (χ4v) is 2.53. The van der Waals surface area contributed by atoms with Crippen LogP contribution in [0.5, 0.6) is 17.2 Å². The lowest BCUT2D eigenvalue weighted by molar-refractivity contribution is 0.0942. The van der Waals surface area contributed by atoms with Gasteiger partial charge in [-0.1, -0.05) is 12.1 Å². The van der Waals surface area contributed by atoms with Gasteiger partial charge in [0.25, 0.3) is 5.91 Å².